The molecule has 0 aliphatic carbocycles. The van der Waals surface area contributed by atoms with Gasteiger partial charge in [0.25, 0.3) is 5.91 Å². The first kappa shape index (κ1) is 19.2. The molecule has 1 aliphatic heterocycles. The molecular formula is C22H28N2O3. The van der Waals surface area contributed by atoms with Crippen molar-refractivity contribution in [1.29, 1.82) is 0 Å². The van der Waals surface area contributed by atoms with Gasteiger partial charge in [-0.3, -0.25) is 4.79 Å². The Morgan fingerprint density at radius 1 is 1.07 bits per heavy atom. The second-order valence-corrected chi connectivity index (χ2v) is 7.73. The normalized spacial score (nSPS) is 18.8. The lowest BCUT2D eigenvalue weighted by molar-refractivity contribution is -0.136. The van der Waals surface area contributed by atoms with Crippen LogP contribution in [-0.4, -0.2) is 36.5 Å². The molecule has 1 unspecified atom stereocenters. The maximum atomic E-state index is 12.4. The molecule has 27 heavy (non-hydrogen) atoms. The van der Waals surface area contributed by atoms with Gasteiger partial charge in [-0.05, 0) is 41.7 Å². The summed E-state index contributed by atoms with van der Waals surface area (Å²) in [5.41, 5.74) is 7.19. The van der Waals surface area contributed by atoms with Crippen molar-refractivity contribution in [2.75, 3.05) is 19.7 Å². The van der Waals surface area contributed by atoms with E-state index in [1.54, 1.807) is 0 Å². The third-order valence-electron chi connectivity index (χ3n) is 5.10. The molecular weight excluding hydrogens is 340 g/mol. The quantitative estimate of drug-likeness (QED) is 0.850. The van der Waals surface area contributed by atoms with Gasteiger partial charge in [0.2, 0.25) is 0 Å². The molecule has 1 saturated heterocycles. The summed E-state index contributed by atoms with van der Waals surface area (Å²) in [5.74, 6) is 1.42. The molecule has 1 heterocycles. The van der Waals surface area contributed by atoms with Gasteiger partial charge in [0, 0.05) is 19.1 Å². The zero-order valence-electron chi connectivity index (χ0n) is 16.1. The van der Waals surface area contributed by atoms with Gasteiger partial charge in [-0.25, -0.2) is 0 Å². The molecule has 0 bridgehead atoms. The molecule has 0 aromatic heterocycles. The number of nitrogens with zero attached hydrogens (tertiary/aromatic N) is 1. The molecule has 144 valence electrons. The molecule has 5 nitrogen and oxygen atoms in total. The second-order valence-electron chi connectivity index (χ2n) is 7.73. The average Bonchev–Trinajstić information content (AvgIpc) is 2.68. The summed E-state index contributed by atoms with van der Waals surface area (Å²) in [6, 6.07) is 17.5. The molecule has 2 aromatic carbocycles. The summed E-state index contributed by atoms with van der Waals surface area (Å²) in [6.07, 6.45) is 0.826. The Hall–Kier alpha value is -2.53. The standard InChI is InChI=1S/C22H28N2O3/c1-22(2)16-24(13-12-20(22)23)21(25)15-27-19-10-8-18(9-11-19)26-14-17-6-4-3-5-7-17/h3-11,20H,12-16,23H2,1-2H3. The van der Waals surface area contributed by atoms with Crippen molar-refractivity contribution in [2.24, 2.45) is 11.1 Å². The summed E-state index contributed by atoms with van der Waals surface area (Å²) in [5, 5.41) is 0. The molecule has 0 spiro atoms. The summed E-state index contributed by atoms with van der Waals surface area (Å²) in [4.78, 5) is 14.3. The first-order chi connectivity index (χ1) is 12.9. The first-order valence-electron chi connectivity index (χ1n) is 9.37. The molecule has 1 fully saturated rings. The van der Waals surface area contributed by atoms with Crippen LogP contribution >= 0.6 is 0 Å². The highest BCUT2D eigenvalue weighted by Gasteiger charge is 2.35. The van der Waals surface area contributed by atoms with E-state index in [2.05, 4.69) is 13.8 Å². The lowest BCUT2D eigenvalue weighted by Crippen LogP contribution is -2.54. The van der Waals surface area contributed by atoms with Crippen molar-refractivity contribution >= 4 is 5.91 Å². The fraction of sp³-hybridized carbons (Fsp3) is 0.409. The van der Waals surface area contributed by atoms with E-state index in [4.69, 9.17) is 15.2 Å². The van der Waals surface area contributed by atoms with Crippen LogP contribution < -0.4 is 15.2 Å². The third-order valence-corrected chi connectivity index (χ3v) is 5.10. The number of ether oxygens (including phenoxy) is 2. The topological polar surface area (TPSA) is 64.8 Å². The Labute approximate surface area is 161 Å². The van der Waals surface area contributed by atoms with Crippen molar-refractivity contribution in [3.63, 3.8) is 0 Å². The van der Waals surface area contributed by atoms with Crippen molar-refractivity contribution in [2.45, 2.75) is 32.9 Å². The third kappa shape index (κ3) is 5.23. The van der Waals surface area contributed by atoms with E-state index in [1.165, 1.54) is 0 Å². The fourth-order valence-corrected chi connectivity index (χ4v) is 3.20. The fourth-order valence-electron chi connectivity index (χ4n) is 3.20. The van der Waals surface area contributed by atoms with Crippen LogP contribution in [0.3, 0.4) is 0 Å². The number of rotatable bonds is 6. The number of carbonyl (C=O) groups excluding carboxylic acids is 1. The summed E-state index contributed by atoms with van der Waals surface area (Å²) in [6.45, 7) is 6.13. The SMILES string of the molecule is CC1(C)CN(C(=O)COc2ccc(OCc3ccccc3)cc2)CCC1N. The minimum atomic E-state index is -0.0638. The van der Waals surface area contributed by atoms with Crippen molar-refractivity contribution in [3.8, 4) is 11.5 Å². The van der Waals surface area contributed by atoms with Crippen molar-refractivity contribution < 1.29 is 14.3 Å². The molecule has 1 aliphatic rings. The number of benzene rings is 2. The van der Waals surface area contributed by atoms with E-state index in [0.717, 1.165) is 17.7 Å². The molecule has 5 heteroatoms. The van der Waals surface area contributed by atoms with Crippen LogP contribution in [-0.2, 0) is 11.4 Å². The predicted octanol–water partition coefficient (Wildman–Crippen LogP) is 3.23. The largest absolute Gasteiger partial charge is 0.489 e. The number of amides is 1. The van der Waals surface area contributed by atoms with Gasteiger partial charge in [0.15, 0.2) is 6.61 Å². The highest BCUT2D eigenvalue weighted by atomic mass is 16.5. The maximum absolute atomic E-state index is 12.4. The van der Waals surface area contributed by atoms with Gasteiger partial charge in [-0.2, -0.15) is 0 Å². The number of carbonyl (C=O) groups is 1. The van der Waals surface area contributed by atoms with Gasteiger partial charge in [-0.1, -0.05) is 44.2 Å². The highest BCUT2D eigenvalue weighted by molar-refractivity contribution is 5.78. The Bertz CT molecular complexity index is 744. The summed E-state index contributed by atoms with van der Waals surface area (Å²) < 4.78 is 11.4. The Morgan fingerprint density at radius 3 is 2.33 bits per heavy atom. The van der Waals surface area contributed by atoms with E-state index in [0.29, 0.717) is 25.4 Å². The Balaban J connectivity index is 1.46. The van der Waals surface area contributed by atoms with Crippen LogP contribution in [0.15, 0.2) is 54.6 Å². The zero-order valence-corrected chi connectivity index (χ0v) is 16.1. The van der Waals surface area contributed by atoms with Crippen LogP contribution in [0.25, 0.3) is 0 Å². The van der Waals surface area contributed by atoms with Crippen LogP contribution in [0.1, 0.15) is 25.8 Å². The van der Waals surface area contributed by atoms with E-state index in [1.807, 2.05) is 59.5 Å². The molecule has 0 radical (unpaired) electrons. The molecule has 2 aromatic rings. The molecule has 2 N–H and O–H groups in total. The minimum Gasteiger partial charge on any atom is -0.489 e. The highest BCUT2D eigenvalue weighted by Crippen LogP contribution is 2.27. The Morgan fingerprint density at radius 2 is 1.70 bits per heavy atom. The van der Waals surface area contributed by atoms with E-state index in [9.17, 15) is 4.79 Å². The van der Waals surface area contributed by atoms with Gasteiger partial charge in [0.05, 0.1) is 0 Å². The molecule has 3 rings (SSSR count). The van der Waals surface area contributed by atoms with Gasteiger partial charge in [-0.15, -0.1) is 0 Å². The van der Waals surface area contributed by atoms with Crippen LogP contribution in [0.4, 0.5) is 0 Å². The maximum Gasteiger partial charge on any atom is 0.260 e. The molecule has 1 amide bonds. The predicted molar refractivity (Wildman–Crippen MR) is 106 cm³/mol. The van der Waals surface area contributed by atoms with E-state index < -0.39 is 0 Å². The number of nitrogens with two attached hydrogens (primary N) is 1. The van der Waals surface area contributed by atoms with E-state index >= 15 is 0 Å². The number of likely N-dealkylation sites (tertiary alicyclic amines) is 1. The smallest absolute Gasteiger partial charge is 0.260 e. The van der Waals surface area contributed by atoms with Crippen LogP contribution in [0.5, 0.6) is 11.5 Å². The number of piperidine rings is 1. The minimum absolute atomic E-state index is 0.000575. The average molecular weight is 368 g/mol. The summed E-state index contributed by atoms with van der Waals surface area (Å²) >= 11 is 0. The lowest BCUT2D eigenvalue weighted by atomic mass is 9.80. The van der Waals surface area contributed by atoms with Gasteiger partial charge >= 0.3 is 0 Å². The lowest BCUT2D eigenvalue weighted by Gasteiger charge is -2.42. The Kier molecular flexibility index (Phi) is 6.01. The van der Waals surface area contributed by atoms with Crippen LogP contribution in [0, 0.1) is 5.41 Å². The number of hydrogen-bond donors (Lipinski definition) is 1. The van der Waals surface area contributed by atoms with Gasteiger partial charge in [0.1, 0.15) is 18.1 Å². The molecule has 1 atom stereocenters. The van der Waals surface area contributed by atoms with Crippen molar-refractivity contribution in [1.82, 2.24) is 4.90 Å². The monoisotopic (exact) mass is 368 g/mol. The molecule has 0 saturated carbocycles. The number of hydrogen-bond acceptors (Lipinski definition) is 4. The summed E-state index contributed by atoms with van der Waals surface area (Å²) in [7, 11) is 0. The first-order valence-corrected chi connectivity index (χ1v) is 9.37. The van der Waals surface area contributed by atoms with E-state index in [-0.39, 0.29) is 24.0 Å². The zero-order chi connectivity index (χ0) is 19.3. The van der Waals surface area contributed by atoms with Gasteiger partial charge < -0.3 is 20.1 Å². The van der Waals surface area contributed by atoms with Crippen molar-refractivity contribution in [3.05, 3.63) is 60.2 Å². The van der Waals surface area contributed by atoms with Crippen LogP contribution in [0.2, 0.25) is 0 Å². The second kappa shape index (κ2) is 8.44.